The molecule has 1 unspecified atom stereocenters. The molecular formula is C10H14ClNO3. The van der Waals surface area contributed by atoms with Gasteiger partial charge in [0.25, 0.3) is 0 Å². The van der Waals surface area contributed by atoms with Crippen molar-refractivity contribution in [3.05, 3.63) is 22.6 Å². The van der Waals surface area contributed by atoms with Crippen LogP contribution in [0.1, 0.15) is 43.7 Å². The third kappa shape index (κ3) is 2.97. The Hall–Kier alpha value is -1.00. The van der Waals surface area contributed by atoms with Gasteiger partial charge in [-0.05, 0) is 0 Å². The van der Waals surface area contributed by atoms with Gasteiger partial charge in [-0.3, -0.25) is 4.79 Å². The number of hydrogen-bond donors (Lipinski definition) is 2. The van der Waals surface area contributed by atoms with Crippen molar-refractivity contribution in [3.8, 4) is 0 Å². The molecule has 15 heavy (non-hydrogen) atoms. The van der Waals surface area contributed by atoms with Gasteiger partial charge in [0.05, 0.1) is 17.5 Å². The average Bonchev–Trinajstić information content (AvgIpc) is 2.46. The highest BCUT2D eigenvalue weighted by molar-refractivity contribution is 6.31. The molecule has 1 rings (SSSR count). The first-order valence-corrected chi connectivity index (χ1v) is 5.06. The van der Waals surface area contributed by atoms with Gasteiger partial charge in [0.1, 0.15) is 11.5 Å². The number of hydrogen-bond acceptors (Lipinski definition) is 3. The molecule has 0 bridgehead atoms. The average molecular weight is 232 g/mol. The molecule has 0 saturated carbocycles. The molecular weight excluding hydrogens is 218 g/mol. The highest BCUT2D eigenvalue weighted by Crippen LogP contribution is 2.30. The molecule has 84 valence electrons. The normalized spacial score (nSPS) is 13.1. The lowest BCUT2D eigenvalue weighted by Gasteiger charge is -2.05. The summed E-state index contributed by atoms with van der Waals surface area (Å²) in [5.74, 6) is 0.267. The van der Waals surface area contributed by atoms with E-state index in [0.717, 1.165) is 0 Å². The van der Waals surface area contributed by atoms with Crippen LogP contribution in [0.25, 0.3) is 0 Å². The molecule has 1 aromatic heterocycles. The summed E-state index contributed by atoms with van der Waals surface area (Å²) in [6.45, 7) is 3.88. The monoisotopic (exact) mass is 231 g/mol. The second kappa shape index (κ2) is 4.68. The highest BCUT2D eigenvalue weighted by atomic mass is 35.5. The first-order chi connectivity index (χ1) is 6.91. The lowest BCUT2D eigenvalue weighted by atomic mass is 10.1. The van der Waals surface area contributed by atoms with Gasteiger partial charge in [-0.15, -0.1) is 0 Å². The minimum absolute atomic E-state index is 0.156. The maximum absolute atomic E-state index is 10.5. The molecule has 4 nitrogen and oxygen atoms in total. The molecule has 0 amide bonds. The van der Waals surface area contributed by atoms with Gasteiger partial charge >= 0.3 is 5.97 Å². The van der Waals surface area contributed by atoms with Gasteiger partial charge in [0, 0.05) is 12.0 Å². The first-order valence-electron chi connectivity index (χ1n) is 4.68. The number of carboxylic acid groups (broad SMARTS) is 1. The Morgan fingerprint density at radius 3 is 2.67 bits per heavy atom. The third-order valence-electron chi connectivity index (χ3n) is 2.02. The van der Waals surface area contributed by atoms with E-state index >= 15 is 0 Å². The smallest absolute Gasteiger partial charge is 0.305 e. The van der Waals surface area contributed by atoms with E-state index in [1.807, 2.05) is 13.8 Å². The van der Waals surface area contributed by atoms with Crippen LogP contribution in [0.15, 0.2) is 10.5 Å². The van der Waals surface area contributed by atoms with Crippen molar-refractivity contribution in [1.29, 1.82) is 0 Å². The lowest BCUT2D eigenvalue weighted by Crippen LogP contribution is -2.14. The fourth-order valence-electron chi connectivity index (χ4n) is 1.27. The summed E-state index contributed by atoms with van der Waals surface area (Å²) in [6, 6.07) is 0.942. The van der Waals surface area contributed by atoms with E-state index in [0.29, 0.717) is 16.5 Å². The lowest BCUT2D eigenvalue weighted by molar-refractivity contribution is -0.137. The van der Waals surface area contributed by atoms with Crippen molar-refractivity contribution in [2.24, 2.45) is 5.73 Å². The number of furan rings is 1. The van der Waals surface area contributed by atoms with Crippen molar-refractivity contribution >= 4 is 17.6 Å². The summed E-state index contributed by atoms with van der Waals surface area (Å²) >= 11 is 5.92. The van der Waals surface area contributed by atoms with E-state index in [1.54, 1.807) is 6.07 Å². The van der Waals surface area contributed by atoms with Crippen LogP contribution in [-0.2, 0) is 4.79 Å². The van der Waals surface area contributed by atoms with Crippen LogP contribution in [0, 0.1) is 0 Å². The zero-order valence-electron chi connectivity index (χ0n) is 8.66. The molecule has 3 N–H and O–H groups in total. The van der Waals surface area contributed by atoms with Crippen LogP contribution in [0.4, 0.5) is 0 Å². The fourth-order valence-corrected chi connectivity index (χ4v) is 1.63. The molecule has 1 heterocycles. The molecule has 0 aliphatic carbocycles. The van der Waals surface area contributed by atoms with E-state index in [9.17, 15) is 4.79 Å². The number of rotatable bonds is 4. The molecule has 1 aromatic rings. The SMILES string of the molecule is CC(C)c1oc(C(N)CC(=O)O)cc1Cl. The minimum Gasteiger partial charge on any atom is -0.481 e. The van der Waals surface area contributed by atoms with Crippen LogP contribution in [0.3, 0.4) is 0 Å². The van der Waals surface area contributed by atoms with Gasteiger partial charge in [0.2, 0.25) is 0 Å². The second-order valence-electron chi connectivity index (χ2n) is 3.72. The Morgan fingerprint density at radius 2 is 2.27 bits per heavy atom. The summed E-state index contributed by atoms with van der Waals surface area (Å²) in [6.07, 6.45) is -0.165. The second-order valence-corrected chi connectivity index (χ2v) is 4.13. The minimum atomic E-state index is -0.957. The number of nitrogens with two attached hydrogens (primary N) is 1. The molecule has 0 radical (unpaired) electrons. The Bertz CT molecular complexity index is 360. The standard InChI is InChI=1S/C10H14ClNO3/c1-5(2)10-6(11)3-8(15-10)7(12)4-9(13)14/h3,5,7H,4,12H2,1-2H3,(H,13,14). The number of aliphatic carboxylic acids is 1. The summed E-state index contributed by atoms with van der Waals surface area (Å²) in [5.41, 5.74) is 5.65. The summed E-state index contributed by atoms with van der Waals surface area (Å²) < 4.78 is 5.42. The Balaban J connectivity index is 2.87. The van der Waals surface area contributed by atoms with Gasteiger partial charge in [0.15, 0.2) is 0 Å². The van der Waals surface area contributed by atoms with E-state index in [4.69, 9.17) is 26.9 Å². The van der Waals surface area contributed by atoms with Crippen LogP contribution in [0.5, 0.6) is 0 Å². The zero-order chi connectivity index (χ0) is 11.6. The van der Waals surface area contributed by atoms with Crippen LogP contribution >= 0.6 is 11.6 Å². The molecule has 1 atom stereocenters. The van der Waals surface area contributed by atoms with Crippen molar-refractivity contribution in [1.82, 2.24) is 0 Å². The largest absolute Gasteiger partial charge is 0.481 e. The Labute approximate surface area is 93.0 Å². The summed E-state index contributed by atoms with van der Waals surface area (Å²) in [5, 5.41) is 9.08. The van der Waals surface area contributed by atoms with E-state index in [2.05, 4.69) is 0 Å². The highest BCUT2D eigenvalue weighted by Gasteiger charge is 2.19. The van der Waals surface area contributed by atoms with Crippen LogP contribution in [0.2, 0.25) is 5.02 Å². The molecule has 0 saturated heterocycles. The fraction of sp³-hybridized carbons (Fsp3) is 0.500. The predicted octanol–water partition coefficient (Wildman–Crippen LogP) is 2.53. The first kappa shape index (κ1) is 12.1. The molecule has 0 aliphatic heterocycles. The maximum Gasteiger partial charge on any atom is 0.305 e. The Kier molecular flexibility index (Phi) is 3.77. The summed E-state index contributed by atoms with van der Waals surface area (Å²) in [7, 11) is 0. The van der Waals surface area contributed by atoms with E-state index in [1.165, 1.54) is 0 Å². The van der Waals surface area contributed by atoms with Crippen molar-refractivity contribution < 1.29 is 14.3 Å². The van der Waals surface area contributed by atoms with Crippen molar-refractivity contribution in [2.45, 2.75) is 32.2 Å². The molecule has 0 spiro atoms. The predicted molar refractivity (Wildman–Crippen MR) is 57.0 cm³/mol. The number of carbonyl (C=O) groups is 1. The van der Waals surface area contributed by atoms with Gasteiger partial charge in [-0.1, -0.05) is 25.4 Å². The quantitative estimate of drug-likeness (QED) is 0.835. The Morgan fingerprint density at radius 1 is 1.67 bits per heavy atom. The van der Waals surface area contributed by atoms with Crippen molar-refractivity contribution in [2.75, 3.05) is 0 Å². The van der Waals surface area contributed by atoms with E-state index in [-0.39, 0.29) is 12.3 Å². The van der Waals surface area contributed by atoms with Crippen LogP contribution < -0.4 is 5.73 Å². The summed E-state index contributed by atoms with van der Waals surface area (Å²) in [4.78, 5) is 10.5. The zero-order valence-corrected chi connectivity index (χ0v) is 9.41. The molecule has 0 aliphatic rings. The topological polar surface area (TPSA) is 76.5 Å². The molecule has 5 heteroatoms. The molecule has 0 fully saturated rings. The maximum atomic E-state index is 10.5. The number of carboxylic acids is 1. The van der Waals surface area contributed by atoms with Gasteiger partial charge < -0.3 is 15.3 Å². The van der Waals surface area contributed by atoms with Gasteiger partial charge in [-0.2, -0.15) is 0 Å². The van der Waals surface area contributed by atoms with Gasteiger partial charge in [-0.25, -0.2) is 0 Å². The van der Waals surface area contributed by atoms with E-state index < -0.39 is 12.0 Å². The molecule has 0 aromatic carbocycles. The number of halogens is 1. The third-order valence-corrected chi connectivity index (χ3v) is 2.31. The van der Waals surface area contributed by atoms with Crippen molar-refractivity contribution in [3.63, 3.8) is 0 Å². The van der Waals surface area contributed by atoms with Crippen LogP contribution in [-0.4, -0.2) is 11.1 Å².